The molecule has 0 saturated heterocycles. The molecule has 3 rings (SSSR count). The van der Waals surface area contributed by atoms with Gasteiger partial charge in [-0.15, -0.1) is 10.2 Å². The lowest BCUT2D eigenvalue weighted by Crippen LogP contribution is -2.19. The molecule has 0 aliphatic rings. The fourth-order valence-corrected chi connectivity index (χ4v) is 1.80. The topological polar surface area (TPSA) is 90.4 Å². The first-order valence-electron chi connectivity index (χ1n) is 6.01. The van der Waals surface area contributed by atoms with Crippen LogP contribution in [0.3, 0.4) is 0 Å². The number of aromatic nitrogens is 8. The van der Waals surface area contributed by atoms with Crippen molar-refractivity contribution >= 4 is 0 Å². The number of benzene rings is 1. The number of rotatable bonds is 4. The van der Waals surface area contributed by atoms with E-state index in [1.54, 1.807) is 9.36 Å². The molecule has 102 valence electrons. The van der Waals surface area contributed by atoms with Crippen molar-refractivity contribution < 1.29 is 0 Å². The highest BCUT2D eigenvalue weighted by atomic mass is 15.6. The molecule has 0 N–H and O–H groups in total. The molecule has 9 heteroatoms. The Balaban J connectivity index is 2.04. The Morgan fingerprint density at radius 3 is 2.40 bits per heavy atom. The van der Waals surface area contributed by atoms with Crippen LogP contribution in [-0.2, 0) is 6.67 Å². The molecule has 0 bridgehead atoms. The second kappa shape index (κ2) is 5.13. The SMILES string of the molecule is CN(C)Cn1nnnc1-c1nnnn1-c1ccccc1. The molecule has 2 heterocycles. The zero-order chi connectivity index (χ0) is 13.9. The molecule has 0 amide bonds. The maximum atomic E-state index is 4.02. The third-order valence-corrected chi connectivity index (χ3v) is 2.62. The predicted octanol–water partition coefficient (Wildman–Crippen LogP) is -0.165. The van der Waals surface area contributed by atoms with E-state index in [1.807, 2.05) is 49.3 Å². The van der Waals surface area contributed by atoms with E-state index in [0.29, 0.717) is 18.3 Å². The molecule has 0 saturated carbocycles. The van der Waals surface area contributed by atoms with Gasteiger partial charge in [0.2, 0.25) is 11.6 Å². The van der Waals surface area contributed by atoms with E-state index >= 15 is 0 Å². The van der Waals surface area contributed by atoms with Gasteiger partial charge in [-0.25, -0.2) is 4.68 Å². The number of para-hydroxylation sites is 1. The lowest BCUT2D eigenvalue weighted by atomic mass is 10.3. The largest absolute Gasteiger partial charge is 0.290 e. The smallest absolute Gasteiger partial charge is 0.226 e. The Kier molecular flexibility index (Phi) is 3.17. The van der Waals surface area contributed by atoms with Crippen LogP contribution in [0, 0.1) is 0 Å². The van der Waals surface area contributed by atoms with E-state index in [-0.39, 0.29) is 0 Å². The summed E-state index contributed by atoms with van der Waals surface area (Å²) in [6.07, 6.45) is 0. The third-order valence-electron chi connectivity index (χ3n) is 2.62. The van der Waals surface area contributed by atoms with Gasteiger partial charge in [0.15, 0.2) is 0 Å². The van der Waals surface area contributed by atoms with Crippen LogP contribution in [0.2, 0.25) is 0 Å². The van der Waals surface area contributed by atoms with Crippen LogP contribution in [0.5, 0.6) is 0 Å². The Morgan fingerprint density at radius 1 is 0.950 bits per heavy atom. The highest BCUT2D eigenvalue weighted by Crippen LogP contribution is 2.16. The van der Waals surface area contributed by atoms with E-state index in [9.17, 15) is 0 Å². The molecule has 9 nitrogen and oxygen atoms in total. The van der Waals surface area contributed by atoms with Gasteiger partial charge in [-0.1, -0.05) is 18.2 Å². The van der Waals surface area contributed by atoms with Gasteiger partial charge in [0.05, 0.1) is 12.4 Å². The zero-order valence-electron chi connectivity index (χ0n) is 11.1. The van der Waals surface area contributed by atoms with Crippen LogP contribution in [0.1, 0.15) is 0 Å². The first-order chi connectivity index (χ1) is 9.75. The number of nitrogens with zero attached hydrogens (tertiary/aromatic N) is 9. The average Bonchev–Trinajstić information content (AvgIpc) is 3.07. The minimum absolute atomic E-state index is 0.503. The summed E-state index contributed by atoms with van der Waals surface area (Å²) in [5.74, 6) is 1.02. The van der Waals surface area contributed by atoms with Gasteiger partial charge in [0.1, 0.15) is 0 Å². The summed E-state index contributed by atoms with van der Waals surface area (Å²) in [5, 5.41) is 23.4. The quantitative estimate of drug-likeness (QED) is 0.651. The van der Waals surface area contributed by atoms with Crippen LogP contribution in [0.15, 0.2) is 30.3 Å². The highest BCUT2D eigenvalue weighted by Gasteiger charge is 2.18. The van der Waals surface area contributed by atoms with Crippen LogP contribution < -0.4 is 0 Å². The van der Waals surface area contributed by atoms with E-state index in [2.05, 4.69) is 31.1 Å². The molecule has 0 aliphatic carbocycles. The first-order valence-corrected chi connectivity index (χ1v) is 6.01. The fraction of sp³-hybridized carbons (Fsp3) is 0.273. The summed E-state index contributed by atoms with van der Waals surface area (Å²) in [5.41, 5.74) is 0.854. The van der Waals surface area contributed by atoms with Gasteiger partial charge >= 0.3 is 0 Å². The molecular weight excluding hydrogens is 258 g/mol. The molecule has 0 unspecified atom stereocenters. The number of hydrogen-bond donors (Lipinski definition) is 0. The van der Waals surface area contributed by atoms with E-state index in [0.717, 1.165) is 5.69 Å². The van der Waals surface area contributed by atoms with Crippen molar-refractivity contribution in [3.63, 3.8) is 0 Å². The van der Waals surface area contributed by atoms with Crippen molar-refractivity contribution in [1.29, 1.82) is 0 Å². The van der Waals surface area contributed by atoms with Crippen LogP contribution in [0.25, 0.3) is 17.3 Å². The molecule has 20 heavy (non-hydrogen) atoms. The molecule has 3 aromatic rings. The van der Waals surface area contributed by atoms with Crippen molar-refractivity contribution in [2.24, 2.45) is 0 Å². The molecule has 0 aliphatic heterocycles. The number of tetrazole rings is 2. The first kappa shape index (κ1) is 12.4. The maximum Gasteiger partial charge on any atom is 0.226 e. The summed E-state index contributed by atoms with van der Waals surface area (Å²) in [7, 11) is 3.87. The van der Waals surface area contributed by atoms with E-state index in [1.165, 1.54) is 0 Å². The lowest BCUT2D eigenvalue weighted by molar-refractivity contribution is 0.305. The summed E-state index contributed by atoms with van der Waals surface area (Å²) in [4.78, 5) is 1.95. The standard InChI is InChI=1S/C11H13N9/c1-18(2)8-19-10(12-14-16-19)11-13-15-17-20(11)9-6-4-3-5-7-9/h3-7H,8H2,1-2H3. The van der Waals surface area contributed by atoms with Gasteiger partial charge < -0.3 is 0 Å². The summed E-state index contributed by atoms with van der Waals surface area (Å²) in [6, 6.07) is 9.61. The van der Waals surface area contributed by atoms with Crippen molar-refractivity contribution in [2.75, 3.05) is 14.1 Å². The average molecular weight is 271 g/mol. The lowest BCUT2D eigenvalue weighted by Gasteiger charge is -2.10. The van der Waals surface area contributed by atoms with Crippen molar-refractivity contribution in [3.8, 4) is 17.3 Å². The van der Waals surface area contributed by atoms with Gasteiger partial charge in [-0.3, -0.25) is 4.90 Å². The maximum absolute atomic E-state index is 4.02. The summed E-state index contributed by atoms with van der Waals surface area (Å²) < 4.78 is 3.25. The van der Waals surface area contributed by atoms with Crippen molar-refractivity contribution in [3.05, 3.63) is 30.3 Å². The molecule has 0 radical (unpaired) electrons. The Bertz CT molecular complexity index is 685. The number of hydrogen-bond acceptors (Lipinski definition) is 7. The Labute approximate surface area is 114 Å². The van der Waals surface area contributed by atoms with E-state index in [4.69, 9.17) is 0 Å². The molecule has 0 fully saturated rings. The van der Waals surface area contributed by atoms with Gasteiger partial charge in [-0.2, -0.15) is 4.68 Å². The minimum Gasteiger partial charge on any atom is -0.290 e. The minimum atomic E-state index is 0.503. The second-order valence-corrected chi connectivity index (χ2v) is 4.47. The van der Waals surface area contributed by atoms with Gasteiger partial charge in [0, 0.05) is 0 Å². The van der Waals surface area contributed by atoms with Gasteiger partial charge in [0.25, 0.3) is 0 Å². The Morgan fingerprint density at radius 2 is 1.65 bits per heavy atom. The third kappa shape index (κ3) is 2.26. The van der Waals surface area contributed by atoms with Crippen molar-refractivity contribution in [1.82, 2.24) is 45.3 Å². The second-order valence-electron chi connectivity index (χ2n) is 4.47. The molecule has 0 atom stereocenters. The van der Waals surface area contributed by atoms with Crippen LogP contribution in [-0.4, -0.2) is 59.4 Å². The van der Waals surface area contributed by atoms with Crippen LogP contribution in [0.4, 0.5) is 0 Å². The molecule has 0 spiro atoms. The molecule has 1 aromatic carbocycles. The van der Waals surface area contributed by atoms with Crippen LogP contribution >= 0.6 is 0 Å². The molecule has 2 aromatic heterocycles. The van der Waals surface area contributed by atoms with Crippen molar-refractivity contribution in [2.45, 2.75) is 6.67 Å². The zero-order valence-corrected chi connectivity index (χ0v) is 11.1. The monoisotopic (exact) mass is 271 g/mol. The summed E-state index contributed by atoms with van der Waals surface area (Å²) >= 11 is 0. The normalized spacial score (nSPS) is 11.2. The highest BCUT2D eigenvalue weighted by molar-refractivity contribution is 5.47. The fourth-order valence-electron chi connectivity index (χ4n) is 1.80. The predicted molar refractivity (Wildman–Crippen MR) is 69.7 cm³/mol. The van der Waals surface area contributed by atoms with E-state index < -0.39 is 0 Å². The summed E-state index contributed by atoms with van der Waals surface area (Å²) in [6.45, 7) is 0.546. The molecular formula is C11H13N9. The Hall–Kier alpha value is -2.68. The van der Waals surface area contributed by atoms with Gasteiger partial charge in [-0.05, 0) is 47.1 Å².